The van der Waals surface area contributed by atoms with E-state index in [0.29, 0.717) is 0 Å². The van der Waals surface area contributed by atoms with E-state index in [-0.39, 0.29) is 33.1 Å². The number of nitrogens with two attached hydrogens (primary N) is 1. The minimum absolute atomic E-state index is 0.0546. The number of fused-ring (bicyclic) bond motifs is 1. The van der Waals surface area contributed by atoms with E-state index in [0.717, 1.165) is 31.4 Å². The summed E-state index contributed by atoms with van der Waals surface area (Å²) in [6, 6.07) is 7.14. The third-order valence-electron chi connectivity index (χ3n) is 4.20. The Bertz CT molecular complexity index is 1160. The van der Waals surface area contributed by atoms with Crippen molar-refractivity contribution in [3.05, 3.63) is 63.3 Å². The number of carbonyl (C=O) groups is 1. The van der Waals surface area contributed by atoms with E-state index in [1.165, 1.54) is 12.1 Å². The molecular formula is C20H15ClF3NO5. The van der Waals surface area contributed by atoms with Gasteiger partial charge in [-0.25, -0.2) is 0 Å². The first-order valence-corrected chi connectivity index (χ1v) is 8.90. The van der Waals surface area contributed by atoms with Gasteiger partial charge in [-0.3, -0.25) is 9.59 Å². The second kappa shape index (κ2) is 8.37. The van der Waals surface area contributed by atoms with Gasteiger partial charge in [-0.1, -0.05) is 17.7 Å². The molecular weight excluding hydrogens is 427 g/mol. The lowest BCUT2D eigenvalue weighted by Crippen LogP contribution is -2.37. The van der Waals surface area contributed by atoms with Crippen LogP contribution in [-0.4, -0.2) is 25.7 Å². The molecule has 0 aliphatic carbocycles. The van der Waals surface area contributed by atoms with E-state index in [2.05, 4.69) is 4.74 Å². The summed E-state index contributed by atoms with van der Waals surface area (Å²) in [6.07, 6.45) is -4.64. The molecule has 158 valence electrons. The van der Waals surface area contributed by atoms with Crippen LogP contribution >= 0.6 is 11.6 Å². The van der Waals surface area contributed by atoms with Crippen LogP contribution in [0.3, 0.4) is 0 Å². The molecule has 2 N–H and O–H groups in total. The average Bonchev–Trinajstić information content (AvgIpc) is 2.71. The van der Waals surface area contributed by atoms with Gasteiger partial charge in [-0.15, -0.1) is 0 Å². The van der Waals surface area contributed by atoms with Crippen LogP contribution in [-0.2, 0) is 15.7 Å². The molecule has 0 amide bonds. The second-order valence-electron chi connectivity index (χ2n) is 6.24. The second-order valence-corrected chi connectivity index (χ2v) is 6.65. The Morgan fingerprint density at radius 1 is 1.23 bits per heavy atom. The van der Waals surface area contributed by atoms with Crippen LogP contribution < -0.4 is 15.9 Å². The summed E-state index contributed by atoms with van der Waals surface area (Å²) in [4.78, 5) is 23.9. The molecule has 0 unspecified atom stereocenters. The third kappa shape index (κ3) is 4.42. The van der Waals surface area contributed by atoms with Crippen molar-refractivity contribution in [2.45, 2.75) is 12.2 Å². The number of carbonyl (C=O) groups excluding carboxylic acids is 1. The lowest BCUT2D eigenvalue weighted by Gasteiger charge is -2.16. The minimum Gasteiger partial charge on any atom is -0.491 e. The minimum atomic E-state index is -4.64. The Morgan fingerprint density at radius 2 is 1.97 bits per heavy atom. The highest BCUT2D eigenvalue weighted by atomic mass is 35.5. The number of methoxy groups -OCH3 is 1. The third-order valence-corrected chi connectivity index (χ3v) is 4.50. The molecule has 0 radical (unpaired) electrons. The van der Waals surface area contributed by atoms with Crippen molar-refractivity contribution in [3.8, 4) is 17.1 Å². The number of halogens is 4. The molecule has 1 heterocycles. The predicted octanol–water partition coefficient (Wildman–Crippen LogP) is 4.01. The fraction of sp³-hybridized carbons (Fsp3) is 0.200. The van der Waals surface area contributed by atoms with Crippen LogP contribution in [0.5, 0.6) is 5.75 Å². The molecule has 0 bridgehead atoms. The zero-order chi connectivity index (χ0) is 22.1. The fourth-order valence-corrected chi connectivity index (χ4v) is 2.91. The highest BCUT2D eigenvalue weighted by molar-refractivity contribution is 6.34. The van der Waals surface area contributed by atoms with Crippen molar-refractivity contribution in [3.63, 3.8) is 0 Å². The highest BCUT2D eigenvalue weighted by Gasteiger charge is 2.32. The summed E-state index contributed by atoms with van der Waals surface area (Å²) in [6.45, 7) is -0.459. The number of para-hydroxylation sites is 1. The highest BCUT2D eigenvalue weighted by Crippen LogP contribution is 2.38. The van der Waals surface area contributed by atoms with E-state index in [4.69, 9.17) is 26.5 Å². The predicted molar refractivity (Wildman–Crippen MR) is 103 cm³/mol. The Labute approximate surface area is 172 Å². The molecule has 1 atom stereocenters. The maximum Gasteiger partial charge on any atom is 0.416 e. The van der Waals surface area contributed by atoms with Gasteiger partial charge in [-0.05, 0) is 30.3 Å². The van der Waals surface area contributed by atoms with Gasteiger partial charge < -0.3 is 19.6 Å². The average molecular weight is 442 g/mol. The number of rotatable bonds is 5. The molecule has 0 aliphatic heterocycles. The lowest BCUT2D eigenvalue weighted by molar-refractivity contribution is -0.143. The fourth-order valence-electron chi connectivity index (χ4n) is 2.70. The molecule has 10 heteroatoms. The van der Waals surface area contributed by atoms with Crippen LogP contribution in [0, 0.1) is 0 Å². The SMILES string of the molecule is COC(=O)[C@@H](N)COc1cc(C(F)(F)F)ccc1-c1cc(=O)c2cccc(Cl)c2o1. The summed E-state index contributed by atoms with van der Waals surface area (Å²) >= 11 is 6.09. The number of hydrogen-bond donors (Lipinski definition) is 1. The van der Waals surface area contributed by atoms with Crippen LogP contribution in [0.2, 0.25) is 5.02 Å². The molecule has 2 aromatic carbocycles. The van der Waals surface area contributed by atoms with Crippen molar-refractivity contribution in [1.82, 2.24) is 0 Å². The Kier molecular flexibility index (Phi) is 6.04. The van der Waals surface area contributed by atoms with Crippen molar-refractivity contribution in [2.75, 3.05) is 13.7 Å². The zero-order valence-corrected chi connectivity index (χ0v) is 16.2. The van der Waals surface area contributed by atoms with Crippen molar-refractivity contribution in [1.29, 1.82) is 0 Å². The van der Waals surface area contributed by atoms with Crippen molar-refractivity contribution >= 4 is 28.5 Å². The van der Waals surface area contributed by atoms with Gasteiger partial charge in [0.2, 0.25) is 0 Å². The van der Waals surface area contributed by atoms with Crippen molar-refractivity contribution in [2.24, 2.45) is 5.73 Å². The van der Waals surface area contributed by atoms with Crippen LogP contribution in [0.1, 0.15) is 5.56 Å². The number of ether oxygens (including phenoxy) is 2. The quantitative estimate of drug-likeness (QED) is 0.601. The van der Waals surface area contributed by atoms with E-state index in [1.807, 2.05) is 0 Å². The summed E-state index contributed by atoms with van der Waals surface area (Å²) in [5.41, 5.74) is 4.30. The Balaban J connectivity index is 2.12. The topological polar surface area (TPSA) is 91.8 Å². The molecule has 0 saturated carbocycles. The van der Waals surface area contributed by atoms with E-state index in [9.17, 15) is 22.8 Å². The molecule has 30 heavy (non-hydrogen) atoms. The summed E-state index contributed by atoms with van der Waals surface area (Å²) in [5.74, 6) is -1.14. The summed E-state index contributed by atoms with van der Waals surface area (Å²) in [7, 11) is 1.12. The maximum absolute atomic E-state index is 13.2. The molecule has 1 aromatic heterocycles. The largest absolute Gasteiger partial charge is 0.491 e. The number of hydrogen-bond acceptors (Lipinski definition) is 6. The monoisotopic (exact) mass is 441 g/mol. The summed E-state index contributed by atoms with van der Waals surface area (Å²) < 4.78 is 55.0. The number of benzene rings is 2. The zero-order valence-electron chi connectivity index (χ0n) is 15.5. The van der Waals surface area contributed by atoms with Crippen LogP contribution in [0.25, 0.3) is 22.3 Å². The summed E-state index contributed by atoms with van der Waals surface area (Å²) in [5, 5.41) is 0.377. The normalized spacial score (nSPS) is 12.6. The molecule has 0 fully saturated rings. The molecule has 6 nitrogen and oxygen atoms in total. The lowest BCUT2D eigenvalue weighted by atomic mass is 10.1. The standard InChI is InChI=1S/C20H15ClF3NO5/c1-28-19(27)14(25)9-29-16-7-10(20(22,23)24)5-6-12(16)17-8-15(26)11-3-2-4-13(21)18(11)30-17/h2-8,14H,9,25H2,1H3/t14-/m0/s1. The smallest absolute Gasteiger partial charge is 0.416 e. The van der Waals surface area contributed by atoms with E-state index < -0.39 is 35.8 Å². The van der Waals surface area contributed by atoms with Gasteiger partial charge >= 0.3 is 12.1 Å². The van der Waals surface area contributed by atoms with Crippen molar-refractivity contribution < 1.29 is 31.9 Å². The Hall–Kier alpha value is -3.04. The van der Waals surface area contributed by atoms with Gasteiger partial charge in [0.25, 0.3) is 0 Å². The van der Waals surface area contributed by atoms with E-state index in [1.54, 1.807) is 6.07 Å². The van der Waals surface area contributed by atoms with Crippen LogP contribution in [0.4, 0.5) is 13.2 Å². The molecule has 3 aromatic rings. The van der Waals surface area contributed by atoms with Gasteiger partial charge in [-0.2, -0.15) is 13.2 Å². The van der Waals surface area contributed by atoms with Gasteiger partial charge in [0, 0.05) is 6.07 Å². The first kappa shape index (κ1) is 21.7. The first-order chi connectivity index (χ1) is 14.1. The van der Waals surface area contributed by atoms with Gasteiger partial charge in [0.05, 0.1) is 28.6 Å². The number of esters is 1. The first-order valence-electron chi connectivity index (χ1n) is 8.52. The maximum atomic E-state index is 13.2. The number of alkyl halides is 3. The molecule has 0 saturated heterocycles. The van der Waals surface area contributed by atoms with Gasteiger partial charge in [0.15, 0.2) is 11.0 Å². The molecule has 0 aliphatic rings. The van der Waals surface area contributed by atoms with Gasteiger partial charge in [0.1, 0.15) is 24.2 Å². The van der Waals surface area contributed by atoms with E-state index >= 15 is 0 Å². The Morgan fingerprint density at radius 3 is 2.63 bits per heavy atom. The molecule has 0 spiro atoms. The molecule has 3 rings (SSSR count). The van der Waals surface area contributed by atoms with Crippen LogP contribution in [0.15, 0.2) is 51.7 Å².